The summed E-state index contributed by atoms with van der Waals surface area (Å²) in [6.07, 6.45) is 4.54. The van der Waals surface area contributed by atoms with Crippen LogP contribution in [0.1, 0.15) is 55.7 Å². The Kier molecular flexibility index (Phi) is 6.31. The first-order valence-corrected chi connectivity index (χ1v) is 11.7. The quantitative estimate of drug-likeness (QED) is 0.280. The van der Waals surface area contributed by atoms with E-state index in [1.807, 2.05) is 91.0 Å². The summed E-state index contributed by atoms with van der Waals surface area (Å²) in [5.41, 5.74) is 4.71. The number of rotatable bonds is 7. The third-order valence-corrected chi connectivity index (χ3v) is 6.73. The van der Waals surface area contributed by atoms with Crippen molar-refractivity contribution in [2.75, 3.05) is 0 Å². The zero-order valence-electron chi connectivity index (χ0n) is 18.9. The molecule has 0 heterocycles. The molecule has 0 fully saturated rings. The van der Waals surface area contributed by atoms with Gasteiger partial charge in [0.2, 0.25) is 0 Å². The van der Waals surface area contributed by atoms with Gasteiger partial charge in [-0.3, -0.25) is 9.59 Å². The van der Waals surface area contributed by atoms with Crippen LogP contribution in [0.15, 0.2) is 121 Å². The molecule has 3 atom stereocenters. The van der Waals surface area contributed by atoms with Crippen LogP contribution in [0.3, 0.4) is 0 Å². The van der Waals surface area contributed by atoms with Crippen molar-refractivity contribution < 1.29 is 9.59 Å². The van der Waals surface area contributed by atoms with E-state index in [0.717, 1.165) is 16.7 Å². The number of hydrogen-bond acceptors (Lipinski definition) is 2. The molecule has 0 unspecified atom stereocenters. The Hall–Kier alpha value is -4.04. The summed E-state index contributed by atoms with van der Waals surface area (Å²) >= 11 is 0. The van der Waals surface area contributed by atoms with Gasteiger partial charge in [-0.25, -0.2) is 0 Å². The van der Waals surface area contributed by atoms with Gasteiger partial charge in [-0.1, -0.05) is 127 Å². The van der Waals surface area contributed by atoms with E-state index in [-0.39, 0.29) is 29.3 Å². The summed E-state index contributed by atoms with van der Waals surface area (Å²) in [7, 11) is 0. The van der Waals surface area contributed by atoms with Crippen molar-refractivity contribution in [2.45, 2.75) is 18.3 Å². The number of fused-ring (bicyclic) bond motifs is 1. The van der Waals surface area contributed by atoms with Gasteiger partial charge in [0, 0.05) is 35.3 Å². The second kappa shape index (κ2) is 9.84. The molecule has 2 heteroatoms. The fourth-order valence-electron chi connectivity index (χ4n) is 5.11. The normalized spacial score (nSPS) is 19.1. The highest BCUT2D eigenvalue weighted by molar-refractivity contribution is 6.02. The van der Waals surface area contributed by atoms with Crippen molar-refractivity contribution in [3.05, 3.63) is 149 Å². The number of allylic oxidation sites excluding steroid dienone is 1. The monoisotopic (exact) mass is 442 g/mol. The maximum atomic E-state index is 13.9. The highest BCUT2D eigenvalue weighted by Crippen LogP contribution is 2.50. The lowest BCUT2D eigenvalue weighted by Crippen LogP contribution is -2.24. The zero-order valence-corrected chi connectivity index (χ0v) is 18.9. The average Bonchev–Trinajstić information content (AvgIpc) is 3.21. The SMILES string of the molecule is O=C(C[C@@H]1c2ccccc2[C@H](/C=C/c2ccccc2)[C@H]1C(=O)c1ccccc1)c1ccccc1. The Morgan fingerprint density at radius 2 is 1.15 bits per heavy atom. The fourth-order valence-corrected chi connectivity index (χ4v) is 5.11. The van der Waals surface area contributed by atoms with Crippen molar-refractivity contribution in [1.29, 1.82) is 0 Å². The lowest BCUT2D eigenvalue weighted by Gasteiger charge is -2.23. The molecular weight excluding hydrogens is 416 g/mol. The lowest BCUT2D eigenvalue weighted by atomic mass is 9.78. The molecule has 0 saturated heterocycles. The van der Waals surface area contributed by atoms with Gasteiger partial charge < -0.3 is 0 Å². The average molecular weight is 443 g/mol. The van der Waals surface area contributed by atoms with Crippen LogP contribution in [0.25, 0.3) is 6.08 Å². The maximum absolute atomic E-state index is 13.9. The molecule has 0 amide bonds. The first kappa shape index (κ1) is 21.8. The van der Waals surface area contributed by atoms with Gasteiger partial charge in [0.25, 0.3) is 0 Å². The van der Waals surface area contributed by atoms with Gasteiger partial charge >= 0.3 is 0 Å². The highest BCUT2D eigenvalue weighted by Gasteiger charge is 2.44. The van der Waals surface area contributed by atoms with Gasteiger partial charge in [0.1, 0.15) is 0 Å². The van der Waals surface area contributed by atoms with Crippen LogP contribution >= 0.6 is 0 Å². The summed E-state index contributed by atoms with van der Waals surface area (Å²) in [5, 5.41) is 0. The Morgan fingerprint density at radius 3 is 1.79 bits per heavy atom. The van der Waals surface area contributed by atoms with Crippen LogP contribution < -0.4 is 0 Å². The van der Waals surface area contributed by atoms with E-state index in [2.05, 4.69) is 36.4 Å². The van der Waals surface area contributed by atoms with Crippen molar-refractivity contribution in [3.63, 3.8) is 0 Å². The van der Waals surface area contributed by atoms with E-state index < -0.39 is 0 Å². The minimum atomic E-state index is -0.340. The topological polar surface area (TPSA) is 34.1 Å². The smallest absolute Gasteiger partial charge is 0.167 e. The summed E-state index contributed by atoms with van der Waals surface area (Å²) in [6, 6.07) is 37.2. The molecule has 0 aromatic heterocycles. The first-order valence-electron chi connectivity index (χ1n) is 11.7. The molecule has 4 aromatic rings. The molecule has 0 aliphatic heterocycles. The molecule has 5 rings (SSSR count). The van der Waals surface area contributed by atoms with Crippen molar-refractivity contribution >= 4 is 17.6 Å². The van der Waals surface area contributed by atoms with Gasteiger partial charge in [-0.05, 0) is 16.7 Å². The molecule has 1 aliphatic carbocycles. The Morgan fingerprint density at radius 1 is 0.618 bits per heavy atom. The summed E-state index contributed by atoms with van der Waals surface area (Å²) in [5.74, 6) is -0.462. The second-order valence-corrected chi connectivity index (χ2v) is 8.78. The van der Waals surface area contributed by atoms with Crippen molar-refractivity contribution in [2.24, 2.45) is 5.92 Å². The zero-order chi connectivity index (χ0) is 23.3. The second-order valence-electron chi connectivity index (χ2n) is 8.78. The van der Waals surface area contributed by atoms with E-state index in [9.17, 15) is 9.59 Å². The summed E-state index contributed by atoms with van der Waals surface area (Å²) in [4.78, 5) is 27.2. The Bertz CT molecular complexity index is 1310. The molecule has 4 aromatic carbocycles. The summed E-state index contributed by atoms with van der Waals surface area (Å²) < 4.78 is 0. The standard InChI is InChI=1S/C32H26O2/c33-30(24-14-6-2-7-15-24)22-29-27-19-11-10-18-26(27)28(21-20-23-12-4-1-5-13-23)31(29)32(34)25-16-8-3-9-17-25/h1-21,28-29,31H,22H2/b21-20+/t28-,29+,31+/m0/s1. The van der Waals surface area contributed by atoms with E-state index >= 15 is 0 Å². The third-order valence-electron chi connectivity index (χ3n) is 6.73. The summed E-state index contributed by atoms with van der Waals surface area (Å²) in [6.45, 7) is 0. The molecule has 0 spiro atoms. The van der Waals surface area contributed by atoms with E-state index in [1.165, 1.54) is 0 Å². The third kappa shape index (κ3) is 4.40. The van der Waals surface area contributed by atoms with Crippen LogP contribution in [0.5, 0.6) is 0 Å². The van der Waals surface area contributed by atoms with E-state index in [0.29, 0.717) is 17.5 Å². The largest absolute Gasteiger partial charge is 0.294 e. The molecule has 166 valence electrons. The number of hydrogen-bond donors (Lipinski definition) is 0. The lowest BCUT2D eigenvalue weighted by molar-refractivity contribution is 0.0877. The fraction of sp³-hybridized carbons (Fsp3) is 0.125. The van der Waals surface area contributed by atoms with Gasteiger partial charge in [0.15, 0.2) is 11.6 Å². The molecule has 0 saturated carbocycles. The van der Waals surface area contributed by atoms with Crippen LogP contribution in [0.2, 0.25) is 0 Å². The molecule has 0 bridgehead atoms. The molecule has 0 N–H and O–H groups in total. The molecule has 1 aliphatic rings. The molecule has 34 heavy (non-hydrogen) atoms. The van der Waals surface area contributed by atoms with E-state index in [1.54, 1.807) is 0 Å². The van der Waals surface area contributed by atoms with Crippen LogP contribution in [-0.2, 0) is 0 Å². The van der Waals surface area contributed by atoms with Crippen molar-refractivity contribution in [3.8, 4) is 0 Å². The minimum Gasteiger partial charge on any atom is -0.294 e. The first-order chi connectivity index (χ1) is 16.7. The Balaban J connectivity index is 1.57. The van der Waals surface area contributed by atoms with Crippen LogP contribution in [-0.4, -0.2) is 11.6 Å². The van der Waals surface area contributed by atoms with Crippen molar-refractivity contribution in [1.82, 2.24) is 0 Å². The van der Waals surface area contributed by atoms with Gasteiger partial charge in [-0.2, -0.15) is 0 Å². The number of carbonyl (C=O) groups excluding carboxylic acids is 2. The maximum Gasteiger partial charge on any atom is 0.167 e. The van der Waals surface area contributed by atoms with Gasteiger partial charge in [-0.15, -0.1) is 0 Å². The number of Topliss-reactive ketones (excluding diaryl/α,β-unsaturated/α-hetero) is 2. The van der Waals surface area contributed by atoms with Crippen LogP contribution in [0, 0.1) is 5.92 Å². The molecular formula is C32H26O2. The van der Waals surface area contributed by atoms with E-state index in [4.69, 9.17) is 0 Å². The Labute approximate surface area is 200 Å². The number of carbonyl (C=O) groups is 2. The molecule has 0 radical (unpaired) electrons. The number of ketones is 2. The predicted molar refractivity (Wildman–Crippen MR) is 137 cm³/mol. The van der Waals surface area contributed by atoms with Gasteiger partial charge in [0.05, 0.1) is 0 Å². The predicted octanol–water partition coefficient (Wildman–Crippen LogP) is 7.35. The molecule has 2 nitrogen and oxygen atoms in total. The minimum absolute atomic E-state index is 0.0685. The van der Waals surface area contributed by atoms with Crippen LogP contribution in [0.4, 0.5) is 0 Å². The highest BCUT2D eigenvalue weighted by atomic mass is 16.1. The number of benzene rings is 4.